The molecule has 0 saturated carbocycles. The molecule has 120 valence electrons. The van der Waals surface area contributed by atoms with Gasteiger partial charge in [-0.15, -0.1) is 0 Å². The first-order chi connectivity index (χ1) is 10.8. The van der Waals surface area contributed by atoms with E-state index in [0.717, 1.165) is 0 Å². The van der Waals surface area contributed by atoms with Gasteiger partial charge < -0.3 is 0 Å². The van der Waals surface area contributed by atoms with Crippen molar-refractivity contribution in [3.63, 3.8) is 0 Å². The molecule has 0 radical (unpaired) electrons. The number of rotatable bonds is 2. The van der Waals surface area contributed by atoms with Gasteiger partial charge in [0.2, 0.25) is 0 Å². The summed E-state index contributed by atoms with van der Waals surface area (Å²) < 4.78 is 0. The van der Waals surface area contributed by atoms with E-state index in [4.69, 9.17) is 0 Å². The van der Waals surface area contributed by atoms with Gasteiger partial charge >= 0.3 is 0 Å². The van der Waals surface area contributed by atoms with Crippen LogP contribution in [0.4, 0.5) is 0 Å². The topological polar surface area (TPSA) is 0 Å². The fourth-order valence-corrected chi connectivity index (χ4v) is 3.66. The first-order valence-electron chi connectivity index (χ1n) is 8.74. The summed E-state index contributed by atoms with van der Waals surface area (Å²) in [5.74, 6) is 1.15. The van der Waals surface area contributed by atoms with E-state index in [0.29, 0.717) is 11.8 Å². The molecule has 0 nitrogen and oxygen atoms in total. The van der Waals surface area contributed by atoms with E-state index < -0.39 is 0 Å². The van der Waals surface area contributed by atoms with Gasteiger partial charge in [-0.05, 0) is 39.2 Å². The lowest BCUT2D eigenvalue weighted by Crippen LogP contribution is -2.10. The second kappa shape index (κ2) is 5.67. The fraction of sp³-hybridized carbons (Fsp3) is 0.391. The van der Waals surface area contributed by atoms with Crippen molar-refractivity contribution in [1.29, 1.82) is 0 Å². The van der Waals surface area contributed by atoms with E-state index in [1.54, 1.807) is 5.57 Å². The van der Waals surface area contributed by atoms with Crippen LogP contribution in [0, 0.1) is 5.92 Å². The van der Waals surface area contributed by atoms with Gasteiger partial charge in [0.15, 0.2) is 0 Å². The van der Waals surface area contributed by atoms with Gasteiger partial charge in [-0.25, -0.2) is 0 Å². The molecule has 0 aromatic heterocycles. The second-order valence-corrected chi connectivity index (χ2v) is 8.16. The number of hydrogen-bond donors (Lipinski definition) is 0. The maximum absolute atomic E-state index is 2.43. The Morgan fingerprint density at radius 2 is 1.57 bits per heavy atom. The van der Waals surface area contributed by atoms with E-state index in [2.05, 4.69) is 90.1 Å². The maximum atomic E-state index is 2.43. The lowest BCUT2D eigenvalue weighted by molar-refractivity contribution is 0.590. The van der Waals surface area contributed by atoms with Gasteiger partial charge in [0.05, 0.1) is 0 Å². The predicted octanol–water partition coefficient (Wildman–Crippen LogP) is 6.81. The van der Waals surface area contributed by atoms with Crippen molar-refractivity contribution in [3.05, 3.63) is 64.7 Å². The number of hydrogen-bond acceptors (Lipinski definition) is 0. The quantitative estimate of drug-likeness (QED) is 0.572. The zero-order valence-corrected chi connectivity index (χ0v) is 15.3. The molecular weight excluding hydrogens is 276 g/mol. The average molecular weight is 304 g/mol. The molecule has 0 saturated heterocycles. The monoisotopic (exact) mass is 304 g/mol. The Labute approximate surface area is 141 Å². The molecule has 0 heteroatoms. The van der Waals surface area contributed by atoms with Crippen LogP contribution >= 0.6 is 0 Å². The second-order valence-electron chi connectivity index (χ2n) is 8.16. The van der Waals surface area contributed by atoms with E-state index in [9.17, 15) is 0 Å². The zero-order valence-electron chi connectivity index (χ0n) is 15.3. The minimum atomic E-state index is 0.205. The van der Waals surface area contributed by atoms with Crippen LogP contribution < -0.4 is 0 Å². The molecule has 0 fully saturated rings. The highest BCUT2D eigenvalue weighted by atomic mass is 14.3. The van der Waals surface area contributed by atoms with Crippen molar-refractivity contribution in [1.82, 2.24) is 0 Å². The Kier molecular flexibility index (Phi) is 3.96. The van der Waals surface area contributed by atoms with Crippen molar-refractivity contribution in [2.45, 2.75) is 52.9 Å². The molecule has 2 aromatic rings. The molecule has 3 rings (SSSR count). The molecule has 2 aromatic carbocycles. The van der Waals surface area contributed by atoms with Gasteiger partial charge in [0.1, 0.15) is 0 Å². The minimum absolute atomic E-state index is 0.205. The third-order valence-corrected chi connectivity index (χ3v) is 5.15. The highest BCUT2D eigenvalue weighted by molar-refractivity contribution is 5.82. The molecule has 0 heterocycles. The normalized spacial score (nSPS) is 17.3. The van der Waals surface area contributed by atoms with Crippen LogP contribution in [0.2, 0.25) is 0 Å². The summed E-state index contributed by atoms with van der Waals surface area (Å²) in [5.41, 5.74) is 8.74. The molecule has 1 atom stereocenters. The first-order valence-corrected chi connectivity index (χ1v) is 8.74. The first kappa shape index (κ1) is 16.1. The fourth-order valence-electron chi connectivity index (χ4n) is 3.66. The highest BCUT2D eigenvalue weighted by Gasteiger charge is 2.25. The molecule has 0 N–H and O–H groups in total. The molecule has 0 spiro atoms. The summed E-state index contributed by atoms with van der Waals surface area (Å²) >= 11 is 0. The van der Waals surface area contributed by atoms with Crippen LogP contribution in [-0.4, -0.2) is 0 Å². The molecular formula is C23H28. The third-order valence-electron chi connectivity index (χ3n) is 5.15. The van der Waals surface area contributed by atoms with Crippen LogP contribution in [0.15, 0.2) is 48.0 Å². The summed E-state index contributed by atoms with van der Waals surface area (Å²) in [6.07, 6.45) is 2.43. The van der Waals surface area contributed by atoms with Gasteiger partial charge in [-0.3, -0.25) is 0 Å². The van der Waals surface area contributed by atoms with Crippen LogP contribution in [0.3, 0.4) is 0 Å². The Morgan fingerprint density at radius 3 is 2.13 bits per heavy atom. The van der Waals surface area contributed by atoms with Crippen molar-refractivity contribution in [2.24, 2.45) is 5.92 Å². The Balaban J connectivity index is 2.07. The summed E-state index contributed by atoms with van der Waals surface area (Å²) in [7, 11) is 0. The summed E-state index contributed by atoms with van der Waals surface area (Å²) in [4.78, 5) is 0. The lowest BCUT2D eigenvalue weighted by Gasteiger charge is -2.19. The van der Waals surface area contributed by atoms with Crippen molar-refractivity contribution >= 4 is 6.08 Å². The molecule has 1 aliphatic rings. The van der Waals surface area contributed by atoms with E-state index in [1.807, 2.05) is 0 Å². The van der Waals surface area contributed by atoms with Crippen LogP contribution in [0.25, 0.3) is 17.2 Å². The Hall–Kier alpha value is -1.82. The SMILES string of the molecule is CC(C)C1=Cc2c(-c3ccc(C(C)(C)C)cc3)cccc2C1C. The highest BCUT2D eigenvalue weighted by Crippen LogP contribution is 2.43. The summed E-state index contributed by atoms with van der Waals surface area (Å²) in [6, 6.07) is 15.9. The van der Waals surface area contributed by atoms with Crippen LogP contribution in [-0.2, 0) is 5.41 Å². The van der Waals surface area contributed by atoms with Crippen LogP contribution in [0.1, 0.15) is 64.2 Å². The maximum Gasteiger partial charge on any atom is 0.00318 e. The average Bonchev–Trinajstić information content (AvgIpc) is 2.84. The van der Waals surface area contributed by atoms with Crippen molar-refractivity contribution in [3.8, 4) is 11.1 Å². The standard InChI is InChI=1S/C23H28/c1-15(2)21-14-22-19(16(21)3)8-7-9-20(22)17-10-12-18(13-11-17)23(4,5)6/h7-16H,1-6H3. The van der Waals surface area contributed by atoms with Gasteiger partial charge in [0.25, 0.3) is 0 Å². The molecule has 1 unspecified atom stereocenters. The van der Waals surface area contributed by atoms with E-state index in [1.165, 1.54) is 27.8 Å². The van der Waals surface area contributed by atoms with Gasteiger partial charge in [-0.1, -0.05) is 95.7 Å². The molecule has 1 aliphatic carbocycles. The predicted molar refractivity (Wildman–Crippen MR) is 102 cm³/mol. The van der Waals surface area contributed by atoms with E-state index in [-0.39, 0.29) is 5.41 Å². The molecule has 0 aliphatic heterocycles. The molecule has 23 heavy (non-hydrogen) atoms. The lowest BCUT2D eigenvalue weighted by atomic mass is 9.85. The zero-order chi connectivity index (χ0) is 16.8. The van der Waals surface area contributed by atoms with Crippen LogP contribution in [0.5, 0.6) is 0 Å². The van der Waals surface area contributed by atoms with Crippen molar-refractivity contribution < 1.29 is 0 Å². The van der Waals surface area contributed by atoms with E-state index >= 15 is 0 Å². The molecule has 0 bridgehead atoms. The van der Waals surface area contributed by atoms with Gasteiger partial charge in [-0.2, -0.15) is 0 Å². The molecule has 0 amide bonds. The number of benzene rings is 2. The number of allylic oxidation sites excluding steroid dienone is 1. The largest absolute Gasteiger partial charge is 0.0613 e. The smallest absolute Gasteiger partial charge is 0.00318 e. The Morgan fingerprint density at radius 1 is 0.913 bits per heavy atom. The third kappa shape index (κ3) is 2.87. The number of fused-ring (bicyclic) bond motifs is 1. The summed E-state index contributed by atoms with van der Waals surface area (Å²) in [6.45, 7) is 13.7. The Bertz CT molecular complexity index is 737. The summed E-state index contributed by atoms with van der Waals surface area (Å²) in [5, 5.41) is 0. The minimum Gasteiger partial charge on any atom is -0.0613 e. The van der Waals surface area contributed by atoms with Gasteiger partial charge in [0, 0.05) is 5.92 Å². The van der Waals surface area contributed by atoms with Crippen molar-refractivity contribution in [2.75, 3.05) is 0 Å².